The number of aromatic nitrogens is 2. The number of hydrogen-bond acceptors (Lipinski definition) is 7. The van der Waals surface area contributed by atoms with E-state index in [2.05, 4.69) is 15.5 Å². The molecule has 0 atom stereocenters. The molecule has 0 spiro atoms. The number of nitrogens with one attached hydrogen (secondary N) is 1. The van der Waals surface area contributed by atoms with Crippen LogP contribution in [0, 0.1) is 6.92 Å². The fourth-order valence-corrected chi connectivity index (χ4v) is 3.31. The molecule has 27 heavy (non-hydrogen) atoms. The predicted molar refractivity (Wildman–Crippen MR) is 100 cm³/mol. The summed E-state index contributed by atoms with van der Waals surface area (Å²) in [5, 5.41) is 11.1. The number of amides is 1. The van der Waals surface area contributed by atoms with E-state index in [0.717, 1.165) is 11.1 Å². The lowest BCUT2D eigenvalue weighted by molar-refractivity contribution is -0.118. The predicted octanol–water partition coefficient (Wildman–Crippen LogP) is 3.35. The minimum atomic E-state index is -0.240. The molecule has 7 nitrogen and oxygen atoms in total. The molecule has 1 amide bonds. The molecule has 2 heterocycles. The summed E-state index contributed by atoms with van der Waals surface area (Å²) in [4.78, 5) is 23.9. The summed E-state index contributed by atoms with van der Waals surface area (Å²) in [5.74, 6) is 0.771. The van der Waals surface area contributed by atoms with E-state index in [0.29, 0.717) is 28.1 Å². The van der Waals surface area contributed by atoms with E-state index in [1.54, 1.807) is 18.2 Å². The molecule has 0 saturated heterocycles. The highest BCUT2D eigenvalue weighted by molar-refractivity contribution is 7.99. The Hall–Kier alpha value is -3.13. The summed E-state index contributed by atoms with van der Waals surface area (Å²) in [6.07, 6.45) is 0. The first kappa shape index (κ1) is 17.3. The number of benzene rings is 2. The van der Waals surface area contributed by atoms with E-state index in [4.69, 9.17) is 9.15 Å². The molecule has 0 unspecified atom stereocenters. The Balaban J connectivity index is 1.44. The van der Waals surface area contributed by atoms with Crippen molar-refractivity contribution in [1.82, 2.24) is 10.2 Å². The largest absolute Gasteiger partial charge is 0.482 e. The van der Waals surface area contributed by atoms with Crippen LogP contribution in [0.5, 0.6) is 5.75 Å². The zero-order chi connectivity index (χ0) is 18.8. The molecule has 4 rings (SSSR count). The Morgan fingerprint density at radius 3 is 2.93 bits per heavy atom. The molecule has 1 aliphatic heterocycles. The minimum Gasteiger partial charge on any atom is -0.482 e. The first-order valence-corrected chi connectivity index (χ1v) is 9.21. The van der Waals surface area contributed by atoms with Crippen LogP contribution in [0.4, 0.5) is 5.69 Å². The van der Waals surface area contributed by atoms with Gasteiger partial charge in [0.1, 0.15) is 5.75 Å². The fraction of sp³-hybridized carbons (Fsp3) is 0.158. The van der Waals surface area contributed by atoms with E-state index in [-0.39, 0.29) is 24.1 Å². The Bertz CT molecular complexity index is 1030. The Labute approximate surface area is 159 Å². The molecule has 0 saturated carbocycles. The first-order chi connectivity index (χ1) is 13.1. The van der Waals surface area contributed by atoms with Gasteiger partial charge in [-0.1, -0.05) is 30.0 Å². The van der Waals surface area contributed by atoms with Gasteiger partial charge in [0.15, 0.2) is 12.4 Å². The van der Waals surface area contributed by atoms with Crippen molar-refractivity contribution >= 4 is 29.1 Å². The van der Waals surface area contributed by atoms with Gasteiger partial charge in [0.25, 0.3) is 11.1 Å². The maximum Gasteiger partial charge on any atom is 0.277 e. The number of rotatable bonds is 5. The highest BCUT2D eigenvalue weighted by Crippen LogP contribution is 2.30. The molecule has 1 aliphatic rings. The average Bonchev–Trinajstić information content (AvgIpc) is 3.14. The van der Waals surface area contributed by atoms with Crippen molar-refractivity contribution in [3.63, 3.8) is 0 Å². The summed E-state index contributed by atoms with van der Waals surface area (Å²) in [6.45, 7) is 1.95. The van der Waals surface area contributed by atoms with Crippen LogP contribution >= 0.6 is 11.8 Å². The number of thioether (sulfide) groups is 1. The van der Waals surface area contributed by atoms with Crippen LogP contribution in [0.2, 0.25) is 0 Å². The number of aryl methyl sites for hydroxylation is 1. The van der Waals surface area contributed by atoms with Crippen LogP contribution in [0.1, 0.15) is 15.9 Å². The third-order valence-corrected chi connectivity index (χ3v) is 4.86. The lowest BCUT2D eigenvalue weighted by atomic mass is 10.1. The smallest absolute Gasteiger partial charge is 0.277 e. The van der Waals surface area contributed by atoms with E-state index >= 15 is 0 Å². The average molecular weight is 381 g/mol. The zero-order valence-corrected chi connectivity index (χ0v) is 15.2. The van der Waals surface area contributed by atoms with Gasteiger partial charge in [0.2, 0.25) is 5.89 Å². The van der Waals surface area contributed by atoms with Gasteiger partial charge < -0.3 is 14.5 Å². The Kier molecular flexibility index (Phi) is 4.64. The van der Waals surface area contributed by atoms with Gasteiger partial charge in [0.05, 0.1) is 11.4 Å². The van der Waals surface area contributed by atoms with Crippen molar-refractivity contribution in [3.8, 4) is 17.2 Å². The molecule has 8 heteroatoms. The number of ketones is 1. The van der Waals surface area contributed by atoms with Crippen LogP contribution in [0.3, 0.4) is 0 Å². The van der Waals surface area contributed by atoms with Crippen LogP contribution in [0.15, 0.2) is 52.1 Å². The SMILES string of the molecule is Cc1ccccc1-c1nnc(SCC(=O)c2ccc3c(c2)NC(=O)CO3)o1. The molecule has 1 N–H and O–H groups in total. The van der Waals surface area contributed by atoms with Crippen LogP contribution in [0.25, 0.3) is 11.5 Å². The van der Waals surface area contributed by atoms with Crippen molar-refractivity contribution in [2.75, 3.05) is 17.7 Å². The normalized spacial score (nSPS) is 12.9. The maximum atomic E-state index is 12.5. The second-order valence-corrected chi connectivity index (χ2v) is 6.87. The Morgan fingerprint density at radius 1 is 1.22 bits per heavy atom. The molecular formula is C19H15N3O4S. The van der Waals surface area contributed by atoms with Crippen molar-refractivity contribution in [1.29, 1.82) is 0 Å². The van der Waals surface area contributed by atoms with Gasteiger partial charge in [-0.3, -0.25) is 9.59 Å². The number of anilines is 1. The molecular weight excluding hydrogens is 366 g/mol. The molecule has 1 aromatic heterocycles. The lowest BCUT2D eigenvalue weighted by Gasteiger charge is -2.18. The number of nitrogens with zero attached hydrogens (tertiary/aromatic N) is 2. The second kappa shape index (κ2) is 7.24. The molecule has 3 aromatic rings. The summed E-state index contributed by atoms with van der Waals surface area (Å²) in [5.41, 5.74) is 2.88. The number of carbonyl (C=O) groups excluding carboxylic acids is 2. The van der Waals surface area contributed by atoms with E-state index in [1.807, 2.05) is 31.2 Å². The first-order valence-electron chi connectivity index (χ1n) is 8.22. The highest BCUT2D eigenvalue weighted by Gasteiger charge is 2.19. The molecule has 2 aromatic carbocycles. The van der Waals surface area contributed by atoms with Crippen molar-refractivity contribution < 1.29 is 18.7 Å². The van der Waals surface area contributed by atoms with Gasteiger partial charge in [-0.25, -0.2) is 0 Å². The third-order valence-electron chi connectivity index (χ3n) is 4.04. The van der Waals surface area contributed by atoms with Crippen molar-refractivity contribution in [2.24, 2.45) is 0 Å². The summed E-state index contributed by atoms with van der Waals surface area (Å²) in [7, 11) is 0. The Morgan fingerprint density at radius 2 is 2.07 bits per heavy atom. The zero-order valence-electron chi connectivity index (χ0n) is 14.4. The molecule has 0 bridgehead atoms. The molecule has 0 fully saturated rings. The maximum absolute atomic E-state index is 12.5. The van der Waals surface area contributed by atoms with Crippen LogP contribution in [-0.2, 0) is 4.79 Å². The number of ether oxygens (including phenoxy) is 1. The highest BCUT2D eigenvalue weighted by atomic mass is 32.2. The topological polar surface area (TPSA) is 94.3 Å². The van der Waals surface area contributed by atoms with E-state index in [9.17, 15) is 9.59 Å². The quantitative estimate of drug-likeness (QED) is 0.535. The summed E-state index contributed by atoms with van der Waals surface area (Å²) < 4.78 is 10.9. The van der Waals surface area contributed by atoms with Gasteiger partial charge in [-0.05, 0) is 36.8 Å². The van der Waals surface area contributed by atoms with Crippen LogP contribution in [-0.4, -0.2) is 34.2 Å². The monoisotopic (exact) mass is 381 g/mol. The lowest BCUT2D eigenvalue weighted by Crippen LogP contribution is -2.25. The second-order valence-electron chi connectivity index (χ2n) is 5.95. The number of carbonyl (C=O) groups is 2. The van der Waals surface area contributed by atoms with Crippen molar-refractivity contribution in [2.45, 2.75) is 12.1 Å². The van der Waals surface area contributed by atoms with Gasteiger partial charge in [-0.15, -0.1) is 10.2 Å². The summed E-state index contributed by atoms with van der Waals surface area (Å²) >= 11 is 1.17. The van der Waals surface area contributed by atoms with Gasteiger partial charge >= 0.3 is 0 Å². The molecule has 0 radical (unpaired) electrons. The van der Waals surface area contributed by atoms with Crippen LogP contribution < -0.4 is 10.1 Å². The van der Waals surface area contributed by atoms with E-state index in [1.165, 1.54) is 11.8 Å². The number of Topliss-reactive ketones (excluding diaryl/α,β-unsaturated/α-hetero) is 1. The minimum absolute atomic E-state index is 0.0173. The standard InChI is InChI=1S/C19H15N3O4S/c1-11-4-2-3-5-13(11)18-21-22-19(26-18)27-10-15(23)12-6-7-16-14(8-12)20-17(24)9-25-16/h2-8H,9-10H2,1H3,(H,20,24). The molecule has 136 valence electrons. The summed E-state index contributed by atoms with van der Waals surface area (Å²) in [6, 6.07) is 12.7. The fourth-order valence-electron chi connectivity index (χ4n) is 2.66. The number of fused-ring (bicyclic) bond motifs is 1. The van der Waals surface area contributed by atoms with Gasteiger partial charge in [0, 0.05) is 11.1 Å². The molecule has 0 aliphatic carbocycles. The number of hydrogen-bond donors (Lipinski definition) is 1. The van der Waals surface area contributed by atoms with Crippen molar-refractivity contribution in [3.05, 3.63) is 53.6 Å². The van der Waals surface area contributed by atoms with Gasteiger partial charge in [-0.2, -0.15) is 0 Å². The third kappa shape index (κ3) is 3.70. The van der Waals surface area contributed by atoms with E-state index < -0.39 is 0 Å².